The van der Waals surface area contributed by atoms with Crippen LogP contribution in [-0.4, -0.2) is 27.9 Å². The molecule has 6 unspecified atom stereocenters. The number of para-hydroxylation sites is 4. The van der Waals surface area contributed by atoms with E-state index < -0.39 is 0 Å². The highest BCUT2D eigenvalue weighted by Crippen LogP contribution is 2.52. The van der Waals surface area contributed by atoms with Crippen LogP contribution >= 0.6 is 0 Å². The van der Waals surface area contributed by atoms with Crippen LogP contribution in [0.25, 0.3) is 55.0 Å². The molecule has 5 heteroatoms. The number of rotatable bonds is 8. The van der Waals surface area contributed by atoms with Crippen molar-refractivity contribution in [2.75, 3.05) is 9.80 Å². The van der Waals surface area contributed by atoms with E-state index in [0.717, 1.165) is 38.5 Å². The van der Waals surface area contributed by atoms with Crippen LogP contribution in [0.2, 0.25) is 0 Å². The number of benzene rings is 7. The van der Waals surface area contributed by atoms with Gasteiger partial charge in [-0.3, -0.25) is 0 Å². The first-order valence-corrected chi connectivity index (χ1v) is 32.3. The Hall–Kier alpha value is -7.76. The lowest BCUT2D eigenvalue weighted by atomic mass is 9.33. The SMILES string of the molecule is C1=CCC(C2=CCCC(C3=CCCCC3)C2N2c3cc(-n4c5ccccc5c5ccccc54)ccc3B3c4ccc(-n5c6ccccc6c6ccccc65)cc4N(C4C(C5CC=CCC5)=CCCC4C4=CCCCC4)c4cccc2c43)CC1. The summed E-state index contributed by atoms with van der Waals surface area (Å²) < 4.78 is 5.15. The quantitative estimate of drug-likeness (QED) is 0.111. The minimum atomic E-state index is 0.0278. The zero-order valence-corrected chi connectivity index (χ0v) is 48.1. The van der Waals surface area contributed by atoms with Crippen LogP contribution in [0.5, 0.6) is 0 Å². The highest BCUT2D eigenvalue weighted by Gasteiger charge is 2.50. The van der Waals surface area contributed by atoms with E-state index in [1.807, 2.05) is 0 Å². The third kappa shape index (κ3) is 7.99. The molecule has 0 fully saturated rings. The van der Waals surface area contributed by atoms with Crippen LogP contribution in [-0.2, 0) is 0 Å². The molecule has 4 nitrogen and oxygen atoms in total. The zero-order chi connectivity index (χ0) is 54.5. The molecule has 0 radical (unpaired) electrons. The normalized spacial score (nSPS) is 24.1. The van der Waals surface area contributed by atoms with Gasteiger partial charge in [0.25, 0.3) is 6.71 Å². The molecule has 0 amide bonds. The maximum Gasteiger partial charge on any atom is 0.252 e. The van der Waals surface area contributed by atoms with Gasteiger partial charge in [-0.25, -0.2) is 0 Å². The predicted molar refractivity (Wildman–Crippen MR) is 352 cm³/mol. The lowest BCUT2D eigenvalue weighted by Gasteiger charge is -2.53. The second-order valence-corrected chi connectivity index (χ2v) is 25.8. The first-order chi connectivity index (χ1) is 41.2. The number of hydrogen-bond acceptors (Lipinski definition) is 2. The van der Waals surface area contributed by atoms with Crippen molar-refractivity contribution < 1.29 is 0 Å². The molecule has 0 saturated heterocycles. The molecular weight excluding hydrogens is 1000 g/mol. The summed E-state index contributed by atoms with van der Waals surface area (Å²) in [4.78, 5) is 6.01. The van der Waals surface area contributed by atoms with Gasteiger partial charge in [0.15, 0.2) is 0 Å². The van der Waals surface area contributed by atoms with Gasteiger partial charge >= 0.3 is 0 Å². The van der Waals surface area contributed by atoms with Crippen LogP contribution in [0, 0.1) is 23.7 Å². The van der Waals surface area contributed by atoms with Crippen LogP contribution in [0.1, 0.15) is 116 Å². The number of aromatic nitrogens is 2. The molecular formula is C78H75BN4. The van der Waals surface area contributed by atoms with Crippen molar-refractivity contribution in [2.24, 2.45) is 23.7 Å². The van der Waals surface area contributed by atoms with Crippen LogP contribution in [0.4, 0.5) is 22.7 Å². The Morgan fingerprint density at radius 1 is 0.361 bits per heavy atom. The van der Waals surface area contributed by atoms with Crippen molar-refractivity contribution in [1.82, 2.24) is 9.13 Å². The molecule has 8 aliphatic rings. The Morgan fingerprint density at radius 3 is 1.19 bits per heavy atom. The maximum atomic E-state index is 3.01. The molecule has 0 bridgehead atoms. The predicted octanol–water partition coefficient (Wildman–Crippen LogP) is 18.4. The van der Waals surface area contributed by atoms with Gasteiger partial charge < -0.3 is 18.9 Å². The first-order valence-electron chi connectivity index (χ1n) is 32.3. The maximum absolute atomic E-state index is 3.01. The fourth-order valence-corrected chi connectivity index (χ4v) is 18.0. The molecule has 0 spiro atoms. The Bertz CT molecular complexity index is 3890. The summed E-state index contributed by atoms with van der Waals surface area (Å²) >= 11 is 0. The Morgan fingerprint density at radius 2 is 0.795 bits per heavy atom. The first kappa shape index (κ1) is 49.8. The molecule has 2 aromatic heterocycles. The van der Waals surface area contributed by atoms with E-state index in [2.05, 4.69) is 219 Å². The van der Waals surface area contributed by atoms with Crippen molar-refractivity contribution in [3.05, 3.63) is 223 Å². The highest BCUT2D eigenvalue weighted by molar-refractivity contribution is 7.00. The number of nitrogens with zero attached hydrogens (tertiary/aromatic N) is 4. The summed E-state index contributed by atoms with van der Waals surface area (Å²) in [5, 5.41) is 5.23. The van der Waals surface area contributed by atoms with Gasteiger partial charge in [0.2, 0.25) is 0 Å². The molecule has 4 heterocycles. The average Bonchev–Trinajstić information content (AvgIpc) is 2.18. The summed E-state index contributed by atoms with van der Waals surface area (Å²) in [5.74, 6) is 1.93. The van der Waals surface area contributed by atoms with E-state index in [1.165, 1.54) is 171 Å². The number of fused-ring (bicyclic) bond motifs is 10. The number of hydrogen-bond donors (Lipinski definition) is 0. The molecule has 0 saturated carbocycles. The van der Waals surface area contributed by atoms with Gasteiger partial charge in [-0.1, -0.05) is 151 Å². The molecule has 410 valence electrons. The third-order valence-electron chi connectivity index (χ3n) is 21.5. The van der Waals surface area contributed by atoms with Crippen LogP contribution in [0.15, 0.2) is 223 Å². The fourth-order valence-electron chi connectivity index (χ4n) is 18.0. The van der Waals surface area contributed by atoms with Crippen LogP contribution in [0.3, 0.4) is 0 Å². The smallest absolute Gasteiger partial charge is 0.252 e. The minimum Gasteiger partial charge on any atom is -0.334 e. The van der Waals surface area contributed by atoms with Crippen molar-refractivity contribution in [3.8, 4) is 11.4 Å². The molecule has 2 aliphatic heterocycles. The monoisotopic (exact) mass is 1080 g/mol. The van der Waals surface area contributed by atoms with E-state index in [0.29, 0.717) is 23.7 Å². The van der Waals surface area contributed by atoms with Gasteiger partial charge in [-0.15, -0.1) is 0 Å². The minimum absolute atomic E-state index is 0.0278. The highest BCUT2D eigenvalue weighted by atomic mass is 15.2. The molecule has 9 aromatic rings. The largest absolute Gasteiger partial charge is 0.334 e. The lowest BCUT2D eigenvalue weighted by Crippen LogP contribution is -2.65. The standard InChI is InChI=1S/C78H75BN4/c1-5-24-52(25-6-1)58-36-21-37-59(53-26-7-2-8-27-53)77(58)82-72-44-23-45-73-76(72)79(66-48-46-56(50-74(66)82)80-68-40-17-13-32-62(68)63-33-14-18-41-69(63)80)67-49-47-57(81-70-42-19-15-34-64(70)65-35-16-20-43-71(65)81)51-75(67)83(73)78-60(54-28-9-3-10-29-54)38-22-39-61(78)55-30-11-4-12-31-55/h1,3,5,9,13-20,23,26,30,32-36,38,40-52,54,59,61,77-78H,2,4,6-8,10-12,21-22,24-25,27-29,31,37,39H2. The van der Waals surface area contributed by atoms with Crippen LogP contribution < -0.4 is 26.2 Å². The van der Waals surface area contributed by atoms with E-state index in [4.69, 9.17) is 0 Å². The van der Waals surface area contributed by atoms with Crippen molar-refractivity contribution in [1.29, 1.82) is 0 Å². The van der Waals surface area contributed by atoms with Gasteiger partial charge in [0.1, 0.15) is 0 Å². The Labute approximate surface area is 491 Å². The fraction of sp³-hybridized carbons (Fsp3) is 0.308. The molecule has 6 aliphatic carbocycles. The molecule has 6 atom stereocenters. The summed E-state index contributed by atoms with van der Waals surface area (Å²) in [7, 11) is 0. The second-order valence-electron chi connectivity index (χ2n) is 25.8. The van der Waals surface area contributed by atoms with Crippen molar-refractivity contribution in [2.45, 2.75) is 128 Å². The summed E-state index contributed by atoms with van der Waals surface area (Å²) in [5.41, 5.74) is 24.3. The van der Waals surface area contributed by atoms with E-state index in [-0.39, 0.29) is 18.8 Å². The Balaban J connectivity index is 0.959. The van der Waals surface area contributed by atoms with E-state index in [9.17, 15) is 0 Å². The van der Waals surface area contributed by atoms with Gasteiger partial charge in [0.05, 0.1) is 34.2 Å². The molecule has 0 N–H and O–H groups in total. The summed E-state index contributed by atoms with van der Waals surface area (Å²) in [6, 6.07) is 60.0. The molecule has 17 rings (SSSR count). The number of allylic oxidation sites excluding steroid dienone is 8. The average molecular weight is 1080 g/mol. The third-order valence-corrected chi connectivity index (χ3v) is 21.5. The summed E-state index contributed by atoms with van der Waals surface area (Å²) in [6.45, 7) is 0.0278. The topological polar surface area (TPSA) is 16.3 Å². The van der Waals surface area contributed by atoms with Gasteiger partial charge in [-0.2, -0.15) is 0 Å². The number of anilines is 4. The van der Waals surface area contributed by atoms with Gasteiger partial charge in [0, 0.05) is 67.5 Å². The van der Waals surface area contributed by atoms with E-state index in [1.54, 1.807) is 22.3 Å². The van der Waals surface area contributed by atoms with Crippen molar-refractivity contribution >= 4 is 89.5 Å². The molecule has 7 aromatic carbocycles. The Kier molecular flexibility index (Phi) is 12.3. The van der Waals surface area contributed by atoms with E-state index >= 15 is 0 Å². The summed E-state index contributed by atoms with van der Waals surface area (Å²) in [6.07, 6.45) is 42.6. The molecule has 83 heavy (non-hydrogen) atoms. The zero-order valence-electron chi connectivity index (χ0n) is 48.1. The second kappa shape index (κ2) is 20.5. The van der Waals surface area contributed by atoms with Crippen molar-refractivity contribution in [3.63, 3.8) is 0 Å². The van der Waals surface area contributed by atoms with Gasteiger partial charge in [-0.05, 0) is 216 Å². The lowest BCUT2D eigenvalue weighted by molar-refractivity contribution is 0.391.